The highest BCUT2D eigenvalue weighted by atomic mass is 15.2. The fraction of sp³-hybridized carbons (Fsp3) is 0. The Bertz CT molecular complexity index is 2650. The summed E-state index contributed by atoms with van der Waals surface area (Å²) in [4.78, 5) is 15.3. The lowest BCUT2D eigenvalue weighted by molar-refractivity contribution is 0.955. The first-order valence-corrected chi connectivity index (χ1v) is 14.8. The van der Waals surface area contributed by atoms with Crippen molar-refractivity contribution in [2.75, 3.05) is 0 Å². The van der Waals surface area contributed by atoms with E-state index in [4.69, 9.17) is 15.0 Å². The van der Waals surface area contributed by atoms with Crippen LogP contribution in [0.25, 0.3) is 88.6 Å². The van der Waals surface area contributed by atoms with Crippen LogP contribution in [0.2, 0.25) is 0 Å². The molecule has 0 saturated carbocycles. The average molecular weight is 562 g/mol. The van der Waals surface area contributed by atoms with Gasteiger partial charge in [-0.15, -0.1) is 0 Å². The van der Waals surface area contributed by atoms with Crippen LogP contribution in [0.3, 0.4) is 0 Å². The third-order valence-corrected chi connectivity index (χ3v) is 8.90. The second-order valence-electron chi connectivity index (χ2n) is 11.3. The van der Waals surface area contributed by atoms with Gasteiger partial charge in [-0.05, 0) is 29.0 Å². The molecule has 0 saturated heterocycles. The van der Waals surface area contributed by atoms with Crippen LogP contribution >= 0.6 is 0 Å². The molecule has 0 N–H and O–H groups in total. The maximum atomic E-state index is 5.18. The van der Waals surface area contributed by atoms with Crippen molar-refractivity contribution in [1.29, 1.82) is 0 Å². The van der Waals surface area contributed by atoms with E-state index in [0.717, 1.165) is 33.1 Å². The molecule has 0 fully saturated rings. The summed E-state index contributed by atoms with van der Waals surface area (Å²) in [6.45, 7) is 0. The Labute approximate surface area is 251 Å². The Morgan fingerprint density at radius 3 is 1.68 bits per heavy atom. The summed E-state index contributed by atoms with van der Waals surface area (Å²) in [6.07, 6.45) is 0. The number of hydrogen-bond donors (Lipinski definition) is 0. The van der Waals surface area contributed by atoms with Gasteiger partial charge in [0.15, 0.2) is 11.6 Å². The molecule has 5 heteroatoms. The van der Waals surface area contributed by atoms with Crippen molar-refractivity contribution in [3.8, 4) is 28.7 Å². The van der Waals surface area contributed by atoms with E-state index >= 15 is 0 Å². The van der Waals surface area contributed by atoms with Gasteiger partial charge >= 0.3 is 0 Å². The van der Waals surface area contributed by atoms with Crippen molar-refractivity contribution >= 4 is 59.9 Å². The molecule has 5 nitrogen and oxygen atoms in total. The minimum atomic E-state index is 0.603. The number of aromatic nitrogens is 5. The van der Waals surface area contributed by atoms with Gasteiger partial charge in [0.2, 0.25) is 5.95 Å². The van der Waals surface area contributed by atoms with Gasteiger partial charge in [-0.3, -0.25) is 4.57 Å². The van der Waals surface area contributed by atoms with Crippen LogP contribution in [0.5, 0.6) is 0 Å². The Balaban J connectivity index is 1.46. The average Bonchev–Trinajstić information content (AvgIpc) is 3.57. The molecule has 204 valence electrons. The van der Waals surface area contributed by atoms with Crippen molar-refractivity contribution in [1.82, 2.24) is 23.9 Å². The van der Waals surface area contributed by atoms with E-state index in [9.17, 15) is 0 Å². The number of para-hydroxylation sites is 2. The molecule has 4 heterocycles. The third kappa shape index (κ3) is 3.10. The van der Waals surface area contributed by atoms with E-state index in [1.165, 1.54) is 38.0 Å². The van der Waals surface area contributed by atoms with Crippen molar-refractivity contribution in [3.05, 3.63) is 140 Å². The molecule has 0 atom stereocenters. The van der Waals surface area contributed by atoms with Gasteiger partial charge in [-0.1, -0.05) is 121 Å². The van der Waals surface area contributed by atoms with Gasteiger partial charge in [-0.25, -0.2) is 4.98 Å². The number of rotatable bonds is 3. The lowest BCUT2D eigenvalue weighted by Crippen LogP contribution is -2.06. The lowest BCUT2D eigenvalue weighted by atomic mass is 10.0. The quantitative estimate of drug-likeness (QED) is 0.216. The molecule has 0 aliphatic carbocycles. The van der Waals surface area contributed by atoms with E-state index in [1.807, 2.05) is 36.4 Å². The van der Waals surface area contributed by atoms with E-state index in [0.29, 0.717) is 17.6 Å². The predicted molar refractivity (Wildman–Crippen MR) is 180 cm³/mol. The van der Waals surface area contributed by atoms with Gasteiger partial charge in [0, 0.05) is 32.7 Å². The first kappa shape index (κ1) is 23.5. The van der Waals surface area contributed by atoms with E-state index in [1.54, 1.807) is 0 Å². The fourth-order valence-electron chi connectivity index (χ4n) is 7.07. The summed E-state index contributed by atoms with van der Waals surface area (Å²) in [7, 11) is 0. The fourth-order valence-corrected chi connectivity index (χ4v) is 7.07. The third-order valence-electron chi connectivity index (χ3n) is 8.90. The molecular weight excluding hydrogens is 538 g/mol. The molecule has 0 aliphatic rings. The highest BCUT2D eigenvalue weighted by molar-refractivity contribution is 6.33. The van der Waals surface area contributed by atoms with Crippen LogP contribution in [0.4, 0.5) is 0 Å². The first-order valence-electron chi connectivity index (χ1n) is 14.8. The Morgan fingerprint density at radius 1 is 0.386 bits per heavy atom. The van der Waals surface area contributed by atoms with Crippen LogP contribution in [0, 0.1) is 0 Å². The number of fused-ring (bicyclic) bond motifs is 6. The number of hydrogen-bond acceptors (Lipinski definition) is 3. The summed E-state index contributed by atoms with van der Waals surface area (Å²) < 4.78 is 4.70. The highest BCUT2D eigenvalue weighted by Crippen LogP contribution is 2.45. The number of benzene rings is 6. The zero-order chi connectivity index (χ0) is 28.8. The molecule has 0 spiro atoms. The molecule has 10 rings (SSSR count). The van der Waals surface area contributed by atoms with Gasteiger partial charge < -0.3 is 4.40 Å². The Morgan fingerprint density at radius 2 is 0.977 bits per heavy atom. The van der Waals surface area contributed by atoms with E-state index in [2.05, 4.69) is 112 Å². The van der Waals surface area contributed by atoms with Gasteiger partial charge in [0.1, 0.15) is 0 Å². The molecule has 10 aromatic rings. The van der Waals surface area contributed by atoms with Gasteiger partial charge in [-0.2, -0.15) is 9.97 Å². The van der Waals surface area contributed by atoms with E-state index < -0.39 is 0 Å². The molecule has 4 aromatic heterocycles. The summed E-state index contributed by atoms with van der Waals surface area (Å²) >= 11 is 0. The minimum absolute atomic E-state index is 0.603. The zero-order valence-electron chi connectivity index (χ0n) is 23.5. The van der Waals surface area contributed by atoms with E-state index in [-0.39, 0.29) is 0 Å². The van der Waals surface area contributed by atoms with Crippen molar-refractivity contribution in [2.24, 2.45) is 0 Å². The molecule has 0 amide bonds. The van der Waals surface area contributed by atoms with Crippen LogP contribution in [-0.4, -0.2) is 23.9 Å². The van der Waals surface area contributed by atoms with Crippen LogP contribution in [0.1, 0.15) is 0 Å². The maximum Gasteiger partial charge on any atom is 0.238 e. The second kappa shape index (κ2) is 8.72. The SMILES string of the molecule is c1ccc(-c2nc(-c3ccccc3)nc(-n3c4ccc5cccc6c7ccccc7n7c8ccccc8c3c7c4c56)n2)cc1. The van der Waals surface area contributed by atoms with Crippen molar-refractivity contribution in [2.45, 2.75) is 0 Å². The molecule has 0 aliphatic heterocycles. The zero-order valence-corrected chi connectivity index (χ0v) is 23.5. The van der Waals surface area contributed by atoms with Crippen molar-refractivity contribution in [3.63, 3.8) is 0 Å². The summed E-state index contributed by atoms with van der Waals surface area (Å²) in [5.74, 6) is 1.89. The highest BCUT2D eigenvalue weighted by Gasteiger charge is 2.26. The topological polar surface area (TPSA) is 48.0 Å². The molecule has 6 aromatic carbocycles. The van der Waals surface area contributed by atoms with Gasteiger partial charge in [0.05, 0.1) is 27.6 Å². The Kier molecular flexibility index (Phi) is 4.66. The van der Waals surface area contributed by atoms with Crippen LogP contribution < -0.4 is 0 Å². The first-order chi connectivity index (χ1) is 21.8. The summed E-state index contributed by atoms with van der Waals surface area (Å²) in [5, 5.41) is 7.30. The smallest absolute Gasteiger partial charge is 0.238 e. The van der Waals surface area contributed by atoms with Crippen molar-refractivity contribution < 1.29 is 0 Å². The molecule has 44 heavy (non-hydrogen) atoms. The second-order valence-corrected chi connectivity index (χ2v) is 11.3. The standard InChI is InChI=1S/C39H23N5/c1-3-12-25(13-4-1)37-40-38(26-14-5-2-6-15-26)42-39(41-37)44-32-23-22-24-16-11-19-28-27-17-7-9-20-30(27)43-31-21-10-8-18-29(31)35(44)36(43)34(32)33(24)28/h1-23H. The Hall–Kier alpha value is -6.07. The van der Waals surface area contributed by atoms with Crippen LogP contribution in [0.15, 0.2) is 140 Å². The summed E-state index contributed by atoms with van der Waals surface area (Å²) in [6, 6.07) is 48.8. The molecule has 0 bridgehead atoms. The van der Waals surface area contributed by atoms with Gasteiger partial charge in [0.25, 0.3) is 0 Å². The predicted octanol–water partition coefficient (Wildman–Crippen LogP) is 9.45. The molecule has 0 unspecified atom stereocenters. The molecule has 0 radical (unpaired) electrons. The normalized spacial score (nSPS) is 12.1. The molecular formula is C39H23N5. The lowest BCUT2D eigenvalue weighted by Gasteiger charge is -2.11. The number of nitrogens with zero attached hydrogens (tertiary/aromatic N) is 5. The maximum absolute atomic E-state index is 5.18. The summed E-state index contributed by atoms with van der Waals surface area (Å²) in [5.41, 5.74) is 7.58. The minimum Gasteiger partial charge on any atom is -0.306 e. The van der Waals surface area contributed by atoms with Crippen LogP contribution in [-0.2, 0) is 0 Å². The largest absolute Gasteiger partial charge is 0.306 e. The monoisotopic (exact) mass is 561 g/mol.